The van der Waals surface area contributed by atoms with Gasteiger partial charge in [-0.05, 0) is 26.2 Å². The molecule has 64 valence electrons. The first-order valence-corrected chi connectivity index (χ1v) is 5.04. The van der Waals surface area contributed by atoms with Gasteiger partial charge in [0.2, 0.25) is 0 Å². The second-order valence-electron chi connectivity index (χ2n) is 3.09. The lowest BCUT2D eigenvalue weighted by molar-refractivity contribution is -0.145. The molecule has 0 N–H and O–H groups in total. The lowest BCUT2D eigenvalue weighted by Gasteiger charge is -2.31. The molecule has 0 saturated carbocycles. The predicted octanol–water partition coefficient (Wildman–Crippen LogP) is 1.91. The lowest BCUT2D eigenvalue weighted by atomic mass is 9.92. The van der Waals surface area contributed by atoms with Gasteiger partial charge in [-0.15, -0.1) is 0 Å². The Kier molecular flexibility index (Phi) is 3.07. The Morgan fingerprint density at radius 1 is 1.64 bits per heavy atom. The third-order valence-electron chi connectivity index (χ3n) is 2.18. The van der Waals surface area contributed by atoms with Gasteiger partial charge < -0.3 is 4.74 Å². The quantitative estimate of drug-likeness (QED) is 0.666. The summed E-state index contributed by atoms with van der Waals surface area (Å²) in [6.07, 6.45) is 3.07. The highest BCUT2D eigenvalue weighted by Gasteiger charge is 2.34. The molecule has 2 nitrogen and oxygen atoms in total. The number of ketones is 1. The maximum atomic E-state index is 11.3. The molecule has 0 amide bonds. The van der Waals surface area contributed by atoms with Crippen molar-refractivity contribution in [3.8, 4) is 0 Å². The summed E-state index contributed by atoms with van der Waals surface area (Å²) in [6, 6.07) is 0. The maximum Gasteiger partial charge on any atom is 0.174 e. The van der Waals surface area contributed by atoms with E-state index in [1.54, 1.807) is 0 Å². The molecule has 0 bridgehead atoms. The van der Waals surface area contributed by atoms with Crippen LogP contribution in [0.4, 0.5) is 0 Å². The summed E-state index contributed by atoms with van der Waals surface area (Å²) in [5, 5.41) is 0.406. The van der Waals surface area contributed by atoms with Gasteiger partial charge in [0.1, 0.15) is 5.60 Å². The molecule has 0 aromatic rings. The molecule has 0 unspecified atom stereocenters. The highest BCUT2D eigenvalue weighted by atomic mass is 79.9. The fraction of sp³-hybridized carbons (Fsp3) is 0.875. The van der Waals surface area contributed by atoms with E-state index in [0.29, 0.717) is 5.33 Å². The summed E-state index contributed by atoms with van der Waals surface area (Å²) in [5.74, 6) is 0.164. The van der Waals surface area contributed by atoms with Crippen molar-refractivity contribution in [1.82, 2.24) is 0 Å². The molecule has 0 aromatic heterocycles. The summed E-state index contributed by atoms with van der Waals surface area (Å²) in [6.45, 7) is 2.62. The first-order valence-electron chi connectivity index (χ1n) is 3.92. The van der Waals surface area contributed by atoms with Crippen molar-refractivity contribution in [2.75, 3.05) is 11.9 Å². The van der Waals surface area contributed by atoms with E-state index >= 15 is 0 Å². The molecule has 1 fully saturated rings. The Morgan fingerprint density at radius 2 is 2.36 bits per heavy atom. The number of carbonyl (C=O) groups excluding carboxylic acids is 1. The zero-order valence-corrected chi connectivity index (χ0v) is 8.32. The fourth-order valence-corrected chi connectivity index (χ4v) is 1.89. The Labute approximate surface area is 75.4 Å². The van der Waals surface area contributed by atoms with Gasteiger partial charge in [0.15, 0.2) is 5.78 Å². The molecule has 1 aliphatic rings. The maximum absolute atomic E-state index is 11.3. The highest BCUT2D eigenvalue weighted by molar-refractivity contribution is 9.09. The molecular formula is C8H13BrO2. The second kappa shape index (κ2) is 3.68. The minimum atomic E-state index is -0.498. The molecule has 1 atom stereocenters. The van der Waals surface area contributed by atoms with Gasteiger partial charge in [-0.2, -0.15) is 0 Å². The van der Waals surface area contributed by atoms with Crippen LogP contribution in [-0.4, -0.2) is 23.3 Å². The van der Waals surface area contributed by atoms with Crippen molar-refractivity contribution < 1.29 is 9.53 Å². The van der Waals surface area contributed by atoms with Crippen LogP contribution in [0.1, 0.15) is 26.2 Å². The van der Waals surface area contributed by atoms with Crippen molar-refractivity contribution in [2.24, 2.45) is 0 Å². The second-order valence-corrected chi connectivity index (χ2v) is 3.65. The van der Waals surface area contributed by atoms with Crippen molar-refractivity contribution in [1.29, 1.82) is 0 Å². The SMILES string of the molecule is C[C@]1(C(=O)CBr)CCCCO1. The average Bonchev–Trinajstić information content (AvgIpc) is 2.04. The summed E-state index contributed by atoms with van der Waals surface area (Å²) >= 11 is 3.16. The van der Waals surface area contributed by atoms with Gasteiger partial charge in [0.25, 0.3) is 0 Å². The Hall–Kier alpha value is 0.110. The van der Waals surface area contributed by atoms with E-state index in [2.05, 4.69) is 15.9 Å². The summed E-state index contributed by atoms with van der Waals surface area (Å²) in [5.41, 5.74) is -0.498. The van der Waals surface area contributed by atoms with Crippen LogP contribution in [0.3, 0.4) is 0 Å². The third kappa shape index (κ3) is 2.03. The highest BCUT2D eigenvalue weighted by Crippen LogP contribution is 2.25. The van der Waals surface area contributed by atoms with E-state index in [1.165, 1.54) is 0 Å². The smallest absolute Gasteiger partial charge is 0.174 e. The number of carbonyl (C=O) groups is 1. The van der Waals surface area contributed by atoms with Gasteiger partial charge in [0.05, 0.1) is 5.33 Å². The van der Waals surface area contributed by atoms with Gasteiger partial charge in [-0.1, -0.05) is 15.9 Å². The van der Waals surface area contributed by atoms with E-state index in [-0.39, 0.29) is 5.78 Å². The zero-order chi connectivity index (χ0) is 8.32. The molecule has 0 aromatic carbocycles. The van der Waals surface area contributed by atoms with E-state index in [1.807, 2.05) is 6.92 Å². The van der Waals surface area contributed by atoms with Gasteiger partial charge in [-0.25, -0.2) is 0 Å². The number of ether oxygens (including phenoxy) is 1. The molecular weight excluding hydrogens is 208 g/mol. The normalized spacial score (nSPS) is 31.8. The third-order valence-corrected chi connectivity index (χ3v) is 2.69. The number of hydrogen-bond acceptors (Lipinski definition) is 2. The van der Waals surface area contributed by atoms with Gasteiger partial charge in [0, 0.05) is 6.61 Å². The lowest BCUT2D eigenvalue weighted by Crippen LogP contribution is -2.41. The molecule has 1 heterocycles. The molecule has 11 heavy (non-hydrogen) atoms. The van der Waals surface area contributed by atoms with Crippen LogP contribution in [0.2, 0.25) is 0 Å². The molecule has 1 aliphatic heterocycles. The fourth-order valence-electron chi connectivity index (χ4n) is 1.30. The van der Waals surface area contributed by atoms with Crippen LogP contribution in [0.15, 0.2) is 0 Å². The van der Waals surface area contributed by atoms with Crippen LogP contribution in [0, 0.1) is 0 Å². The van der Waals surface area contributed by atoms with E-state index in [4.69, 9.17) is 4.74 Å². The number of halogens is 1. The van der Waals surface area contributed by atoms with Crippen molar-refractivity contribution in [3.05, 3.63) is 0 Å². The minimum absolute atomic E-state index is 0.164. The van der Waals surface area contributed by atoms with E-state index in [0.717, 1.165) is 25.9 Å². The first kappa shape index (κ1) is 9.20. The number of alkyl halides is 1. The molecule has 0 spiro atoms. The van der Waals surface area contributed by atoms with Gasteiger partial charge >= 0.3 is 0 Å². The number of hydrogen-bond donors (Lipinski definition) is 0. The van der Waals surface area contributed by atoms with Crippen molar-refractivity contribution >= 4 is 21.7 Å². The minimum Gasteiger partial charge on any atom is -0.367 e. The van der Waals surface area contributed by atoms with Crippen LogP contribution in [0.25, 0.3) is 0 Å². The standard InChI is InChI=1S/C8H13BrO2/c1-8(7(10)6-9)4-2-3-5-11-8/h2-6H2,1H3/t8-/m1/s1. The summed E-state index contributed by atoms with van der Waals surface area (Å²) < 4.78 is 5.44. The topological polar surface area (TPSA) is 26.3 Å². The van der Waals surface area contributed by atoms with Crippen molar-refractivity contribution in [2.45, 2.75) is 31.8 Å². The van der Waals surface area contributed by atoms with Crippen LogP contribution < -0.4 is 0 Å². The zero-order valence-electron chi connectivity index (χ0n) is 6.73. The van der Waals surface area contributed by atoms with E-state index < -0.39 is 5.60 Å². The summed E-state index contributed by atoms with van der Waals surface area (Å²) in [7, 11) is 0. The largest absolute Gasteiger partial charge is 0.367 e. The van der Waals surface area contributed by atoms with E-state index in [9.17, 15) is 4.79 Å². The monoisotopic (exact) mass is 220 g/mol. The summed E-state index contributed by atoms with van der Waals surface area (Å²) in [4.78, 5) is 11.3. The number of Topliss-reactive ketones (excluding diaryl/α,β-unsaturated/α-hetero) is 1. The molecule has 1 saturated heterocycles. The molecule has 3 heteroatoms. The molecule has 0 radical (unpaired) electrons. The Bertz CT molecular complexity index is 150. The Morgan fingerprint density at radius 3 is 2.82 bits per heavy atom. The van der Waals surface area contributed by atoms with Crippen LogP contribution >= 0.6 is 15.9 Å². The first-order chi connectivity index (χ1) is 5.19. The van der Waals surface area contributed by atoms with Crippen LogP contribution in [-0.2, 0) is 9.53 Å². The predicted molar refractivity (Wildman–Crippen MR) is 47.0 cm³/mol. The molecule has 1 rings (SSSR count). The van der Waals surface area contributed by atoms with Crippen LogP contribution in [0.5, 0.6) is 0 Å². The number of rotatable bonds is 2. The average molecular weight is 221 g/mol. The Balaban J connectivity index is 2.56. The molecule has 0 aliphatic carbocycles. The van der Waals surface area contributed by atoms with Crippen molar-refractivity contribution in [3.63, 3.8) is 0 Å². The van der Waals surface area contributed by atoms with Gasteiger partial charge in [-0.3, -0.25) is 4.79 Å².